The van der Waals surface area contributed by atoms with Crippen LogP contribution in [0.5, 0.6) is 5.75 Å². The Balaban J connectivity index is 1.47. The van der Waals surface area contributed by atoms with Gasteiger partial charge in [0.25, 0.3) is 5.91 Å². The first-order chi connectivity index (χ1) is 14.7. The molecule has 166 valence electrons. The molecule has 6 heteroatoms. The molecular formula is C25H32N2O4. The molecular weight excluding hydrogens is 392 g/mol. The van der Waals surface area contributed by atoms with E-state index in [-0.39, 0.29) is 30.6 Å². The second-order valence-corrected chi connectivity index (χ2v) is 8.95. The quantitative estimate of drug-likeness (QED) is 0.723. The lowest BCUT2D eigenvalue weighted by molar-refractivity contribution is -0.135. The first-order valence-corrected chi connectivity index (χ1v) is 10.7. The number of hydrogen-bond acceptors (Lipinski definition) is 4. The highest BCUT2D eigenvalue weighted by Crippen LogP contribution is 2.32. The van der Waals surface area contributed by atoms with Crippen molar-refractivity contribution in [3.63, 3.8) is 0 Å². The van der Waals surface area contributed by atoms with Crippen LogP contribution in [-0.2, 0) is 21.6 Å². The molecule has 1 aliphatic rings. The summed E-state index contributed by atoms with van der Waals surface area (Å²) in [5, 5.41) is 0. The number of nitrogens with zero attached hydrogens (tertiary/aromatic N) is 2. The van der Waals surface area contributed by atoms with Crippen LogP contribution >= 0.6 is 0 Å². The van der Waals surface area contributed by atoms with Crippen LogP contribution in [0.1, 0.15) is 37.5 Å². The van der Waals surface area contributed by atoms with Crippen molar-refractivity contribution in [1.82, 2.24) is 9.80 Å². The predicted octanol–water partition coefficient (Wildman–Crippen LogP) is 4.15. The molecule has 0 saturated carbocycles. The molecule has 2 aromatic rings. The van der Waals surface area contributed by atoms with E-state index < -0.39 is 0 Å². The topological polar surface area (TPSA) is 59.1 Å². The van der Waals surface area contributed by atoms with Crippen LogP contribution in [-0.4, -0.2) is 54.6 Å². The minimum Gasteiger partial charge on any atom is -0.483 e. The predicted molar refractivity (Wildman–Crippen MR) is 120 cm³/mol. The van der Waals surface area contributed by atoms with Gasteiger partial charge in [0.1, 0.15) is 12.4 Å². The van der Waals surface area contributed by atoms with Crippen molar-refractivity contribution >= 4 is 12.0 Å². The number of ether oxygens (including phenoxy) is 2. The Morgan fingerprint density at radius 3 is 2.23 bits per heavy atom. The second kappa shape index (κ2) is 9.86. The standard InChI is InChI=1S/C25H32N2O4/c1-19-10-11-22(21(16-19)25(2,3)4)30-18-23(28)26-12-14-27(15-13-26)24(29)31-17-20-8-6-5-7-9-20/h5-11,16H,12-15,17-18H2,1-4H3. The Labute approximate surface area is 184 Å². The minimum absolute atomic E-state index is 0.00933. The number of piperazine rings is 1. The summed E-state index contributed by atoms with van der Waals surface area (Å²) >= 11 is 0. The Hall–Kier alpha value is -3.02. The summed E-state index contributed by atoms with van der Waals surface area (Å²) in [6.07, 6.45) is -0.346. The van der Waals surface area contributed by atoms with Crippen molar-refractivity contribution < 1.29 is 19.1 Å². The number of aryl methyl sites for hydroxylation is 1. The number of carbonyl (C=O) groups is 2. The molecule has 0 aliphatic carbocycles. The fourth-order valence-corrected chi connectivity index (χ4v) is 3.54. The van der Waals surface area contributed by atoms with Crippen molar-refractivity contribution in [2.75, 3.05) is 32.8 Å². The maximum atomic E-state index is 12.7. The Bertz CT molecular complexity index is 897. The fourth-order valence-electron chi connectivity index (χ4n) is 3.54. The van der Waals surface area contributed by atoms with Gasteiger partial charge in [0, 0.05) is 26.2 Å². The third-order valence-electron chi connectivity index (χ3n) is 5.39. The highest BCUT2D eigenvalue weighted by molar-refractivity contribution is 5.78. The lowest BCUT2D eigenvalue weighted by atomic mass is 9.85. The number of benzene rings is 2. The molecule has 0 aromatic heterocycles. The van der Waals surface area contributed by atoms with Crippen molar-refractivity contribution in [2.24, 2.45) is 0 Å². The van der Waals surface area contributed by atoms with E-state index >= 15 is 0 Å². The lowest BCUT2D eigenvalue weighted by Crippen LogP contribution is -2.51. The molecule has 0 N–H and O–H groups in total. The first-order valence-electron chi connectivity index (χ1n) is 10.7. The zero-order valence-electron chi connectivity index (χ0n) is 18.9. The fraction of sp³-hybridized carbons (Fsp3) is 0.440. The van der Waals surface area contributed by atoms with E-state index in [9.17, 15) is 9.59 Å². The maximum absolute atomic E-state index is 12.7. The summed E-state index contributed by atoms with van der Waals surface area (Å²) < 4.78 is 11.3. The molecule has 3 rings (SSSR count). The summed E-state index contributed by atoms with van der Waals surface area (Å²) in [5.41, 5.74) is 3.13. The summed E-state index contributed by atoms with van der Waals surface area (Å²) in [5.74, 6) is 0.673. The third kappa shape index (κ3) is 6.23. The molecule has 0 spiro atoms. The molecule has 6 nitrogen and oxygen atoms in total. The SMILES string of the molecule is Cc1ccc(OCC(=O)N2CCN(C(=O)OCc3ccccc3)CC2)c(C(C)(C)C)c1. The molecule has 2 aromatic carbocycles. The number of hydrogen-bond donors (Lipinski definition) is 0. The summed E-state index contributed by atoms with van der Waals surface area (Å²) in [6, 6.07) is 15.6. The molecule has 0 atom stereocenters. The van der Waals surface area contributed by atoms with Crippen molar-refractivity contribution in [3.8, 4) is 5.75 Å². The van der Waals surface area contributed by atoms with Gasteiger partial charge >= 0.3 is 6.09 Å². The molecule has 31 heavy (non-hydrogen) atoms. The van der Waals surface area contributed by atoms with Crippen LogP contribution in [0.15, 0.2) is 48.5 Å². The van der Waals surface area contributed by atoms with Gasteiger partial charge in [0.05, 0.1) is 0 Å². The van der Waals surface area contributed by atoms with E-state index in [1.165, 1.54) is 5.56 Å². The summed E-state index contributed by atoms with van der Waals surface area (Å²) in [7, 11) is 0. The maximum Gasteiger partial charge on any atom is 0.410 e. The zero-order chi connectivity index (χ0) is 22.4. The van der Waals surface area contributed by atoms with Crippen molar-refractivity contribution in [1.29, 1.82) is 0 Å². The van der Waals surface area contributed by atoms with Crippen molar-refractivity contribution in [3.05, 3.63) is 65.2 Å². The summed E-state index contributed by atoms with van der Waals surface area (Å²) in [6.45, 7) is 10.5. The van der Waals surface area contributed by atoms with Crippen LogP contribution in [0.3, 0.4) is 0 Å². The van der Waals surface area contributed by atoms with Crippen LogP contribution in [0.2, 0.25) is 0 Å². The van der Waals surface area contributed by atoms with Gasteiger partial charge in [0.15, 0.2) is 6.61 Å². The van der Waals surface area contributed by atoms with E-state index in [0.29, 0.717) is 26.2 Å². The van der Waals surface area contributed by atoms with Gasteiger partial charge in [0.2, 0.25) is 0 Å². The Kier molecular flexibility index (Phi) is 7.21. The third-order valence-corrected chi connectivity index (χ3v) is 5.39. The van der Waals surface area contributed by atoms with E-state index in [0.717, 1.165) is 16.9 Å². The first kappa shape index (κ1) is 22.7. The molecule has 1 aliphatic heterocycles. The minimum atomic E-state index is -0.346. The van der Waals surface area contributed by atoms with E-state index in [1.54, 1.807) is 9.80 Å². The van der Waals surface area contributed by atoms with Crippen LogP contribution in [0.4, 0.5) is 4.79 Å². The van der Waals surface area contributed by atoms with E-state index in [4.69, 9.17) is 9.47 Å². The van der Waals surface area contributed by atoms with Gasteiger partial charge in [-0.2, -0.15) is 0 Å². The number of rotatable bonds is 5. The molecule has 0 bridgehead atoms. The average molecular weight is 425 g/mol. The Morgan fingerprint density at radius 2 is 1.58 bits per heavy atom. The molecule has 0 unspecified atom stereocenters. The van der Waals surface area contributed by atoms with Crippen LogP contribution < -0.4 is 4.74 Å². The molecule has 1 heterocycles. The highest BCUT2D eigenvalue weighted by Gasteiger charge is 2.26. The van der Waals surface area contributed by atoms with Gasteiger partial charge in [-0.25, -0.2) is 4.79 Å². The lowest BCUT2D eigenvalue weighted by Gasteiger charge is -2.34. The van der Waals surface area contributed by atoms with Gasteiger partial charge < -0.3 is 19.3 Å². The highest BCUT2D eigenvalue weighted by atomic mass is 16.6. The molecule has 0 radical (unpaired) electrons. The largest absolute Gasteiger partial charge is 0.483 e. The monoisotopic (exact) mass is 424 g/mol. The molecule has 2 amide bonds. The normalized spacial score (nSPS) is 14.3. The zero-order valence-corrected chi connectivity index (χ0v) is 18.9. The summed E-state index contributed by atoms with van der Waals surface area (Å²) in [4.78, 5) is 28.3. The number of amides is 2. The smallest absolute Gasteiger partial charge is 0.410 e. The van der Waals surface area contributed by atoms with Crippen LogP contribution in [0, 0.1) is 6.92 Å². The van der Waals surface area contributed by atoms with Crippen LogP contribution in [0.25, 0.3) is 0 Å². The van der Waals surface area contributed by atoms with Gasteiger partial charge in [-0.15, -0.1) is 0 Å². The average Bonchev–Trinajstić information content (AvgIpc) is 2.76. The van der Waals surface area contributed by atoms with Crippen molar-refractivity contribution in [2.45, 2.75) is 39.7 Å². The Morgan fingerprint density at radius 1 is 0.935 bits per heavy atom. The van der Waals surface area contributed by atoms with E-state index in [1.807, 2.05) is 42.5 Å². The molecule has 1 fully saturated rings. The molecule has 1 saturated heterocycles. The van der Waals surface area contributed by atoms with Gasteiger partial charge in [-0.3, -0.25) is 4.79 Å². The number of carbonyl (C=O) groups excluding carboxylic acids is 2. The van der Waals surface area contributed by atoms with Gasteiger partial charge in [-0.05, 0) is 29.5 Å². The van der Waals surface area contributed by atoms with Gasteiger partial charge in [-0.1, -0.05) is 68.8 Å². The second-order valence-electron chi connectivity index (χ2n) is 8.95. The van der Waals surface area contributed by atoms with E-state index in [2.05, 4.69) is 33.8 Å².